The molecule has 16 heavy (non-hydrogen) atoms. The Labute approximate surface area is 103 Å². The van der Waals surface area contributed by atoms with Gasteiger partial charge in [-0.3, -0.25) is 0 Å². The van der Waals surface area contributed by atoms with Gasteiger partial charge in [0.05, 0.1) is 12.7 Å². The minimum absolute atomic E-state index is 0.280. The summed E-state index contributed by atoms with van der Waals surface area (Å²) in [7, 11) is 0. The van der Waals surface area contributed by atoms with Gasteiger partial charge in [0.15, 0.2) is 0 Å². The van der Waals surface area contributed by atoms with Crippen LogP contribution in [-0.2, 0) is 11.3 Å². The fraction of sp³-hybridized carbons (Fsp3) is 0.692. The molecule has 1 heterocycles. The van der Waals surface area contributed by atoms with Gasteiger partial charge in [0.1, 0.15) is 0 Å². The van der Waals surface area contributed by atoms with Crippen LogP contribution in [0.5, 0.6) is 0 Å². The van der Waals surface area contributed by atoms with E-state index in [4.69, 9.17) is 4.74 Å². The van der Waals surface area contributed by atoms with Crippen LogP contribution >= 0.6 is 11.3 Å². The average Bonchev–Trinajstić information content (AvgIpc) is 2.80. The molecule has 1 unspecified atom stereocenters. The zero-order valence-corrected chi connectivity index (χ0v) is 11.3. The third-order valence-electron chi connectivity index (χ3n) is 2.77. The van der Waals surface area contributed by atoms with Gasteiger partial charge in [-0.05, 0) is 31.2 Å². The standard InChI is InChI=1S/C13H23NOS/c1-4-12(5-2)14-9-11(3)15-10-13-7-6-8-16-13/h6-8,11-12,14H,4-5,9-10H2,1-3H3. The van der Waals surface area contributed by atoms with Crippen LogP contribution in [0.2, 0.25) is 0 Å². The summed E-state index contributed by atoms with van der Waals surface area (Å²) in [6, 6.07) is 4.81. The van der Waals surface area contributed by atoms with Gasteiger partial charge in [-0.1, -0.05) is 19.9 Å². The summed E-state index contributed by atoms with van der Waals surface area (Å²) in [6.45, 7) is 8.25. The zero-order chi connectivity index (χ0) is 11.8. The minimum Gasteiger partial charge on any atom is -0.372 e. The van der Waals surface area contributed by atoms with Crippen LogP contribution < -0.4 is 5.32 Å². The Morgan fingerprint density at radius 2 is 2.12 bits per heavy atom. The molecule has 1 rings (SSSR count). The molecule has 0 bridgehead atoms. The molecule has 0 aliphatic carbocycles. The van der Waals surface area contributed by atoms with Crippen molar-refractivity contribution in [1.29, 1.82) is 0 Å². The van der Waals surface area contributed by atoms with E-state index >= 15 is 0 Å². The van der Waals surface area contributed by atoms with Crippen LogP contribution in [0.4, 0.5) is 0 Å². The van der Waals surface area contributed by atoms with Gasteiger partial charge in [0.2, 0.25) is 0 Å². The molecule has 0 fully saturated rings. The molecular formula is C13H23NOS. The highest BCUT2D eigenvalue weighted by molar-refractivity contribution is 7.09. The summed E-state index contributed by atoms with van der Waals surface area (Å²) < 4.78 is 5.77. The quantitative estimate of drug-likeness (QED) is 0.753. The highest BCUT2D eigenvalue weighted by Gasteiger charge is 2.06. The van der Waals surface area contributed by atoms with Gasteiger partial charge in [-0.25, -0.2) is 0 Å². The molecule has 0 saturated heterocycles. The Balaban J connectivity index is 2.13. The SMILES string of the molecule is CCC(CC)NCC(C)OCc1cccs1. The van der Waals surface area contributed by atoms with E-state index in [2.05, 4.69) is 43.6 Å². The first-order valence-electron chi connectivity index (χ1n) is 6.13. The molecule has 1 N–H and O–H groups in total. The molecule has 0 saturated carbocycles. The van der Waals surface area contributed by atoms with Crippen molar-refractivity contribution >= 4 is 11.3 Å². The highest BCUT2D eigenvalue weighted by atomic mass is 32.1. The van der Waals surface area contributed by atoms with Crippen molar-refractivity contribution in [2.45, 2.75) is 52.4 Å². The molecule has 0 amide bonds. The predicted octanol–water partition coefficient (Wildman–Crippen LogP) is 3.43. The van der Waals surface area contributed by atoms with Crippen molar-refractivity contribution in [2.24, 2.45) is 0 Å². The van der Waals surface area contributed by atoms with Gasteiger partial charge in [-0.2, -0.15) is 0 Å². The van der Waals surface area contributed by atoms with E-state index in [1.54, 1.807) is 11.3 Å². The average molecular weight is 241 g/mol. The first-order chi connectivity index (χ1) is 7.76. The minimum atomic E-state index is 0.280. The van der Waals surface area contributed by atoms with Crippen LogP contribution in [0.25, 0.3) is 0 Å². The first-order valence-corrected chi connectivity index (χ1v) is 7.01. The summed E-state index contributed by atoms with van der Waals surface area (Å²) >= 11 is 1.75. The molecular weight excluding hydrogens is 218 g/mol. The van der Waals surface area contributed by atoms with Gasteiger partial charge in [0, 0.05) is 17.5 Å². The maximum absolute atomic E-state index is 5.77. The number of hydrogen-bond donors (Lipinski definition) is 1. The Morgan fingerprint density at radius 1 is 1.38 bits per heavy atom. The predicted molar refractivity (Wildman–Crippen MR) is 70.9 cm³/mol. The van der Waals surface area contributed by atoms with Crippen LogP contribution in [-0.4, -0.2) is 18.7 Å². The molecule has 0 aliphatic rings. The van der Waals surface area contributed by atoms with Crippen molar-refractivity contribution in [1.82, 2.24) is 5.32 Å². The van der Waals surface area contributed by atoms with E-state index in [1.165, 1.54) is 17.7 Å². The third-order valence-corrected chi connectivity index (χ3v) is 3.62. The maximum atomic E-state index is 5.77. The summed E-state index contributed by atoms with van der Waals surface area (Å²) in [4.78, 5) is 1.30. The molecule has 1 atom stereocenters. The maximum Gasteiger partial charge on any atom is 0.0813 e. The monoisotopic (exact) mass is 241 g/mol. The Bertz CT molecular complexity index is 257. The Kier molecular flexibility index (Phi) is 6.69. The fourth-order valence-electron chi connectivity index (χ4n) is 1.59. The second kappa shape index (κ2) is 7.82. The van der Waals surface area contributed by atoms with Crippen molar-refractivity contribution in [3.8, 4) is 0 Å². The smallest absolute Gasteiger partial charge is 0.0813 e. The number of ether oxygens (including phenoxy) is 1. The van der Waals surface area contributed by atoms with Crippen molar-refractivity contribution in [3.05, 3.63) is 22.4 Å². The number of nitrogens with one attached hydrogen (secondary N) is 1. The third kappa shape index (κ3) is 5.10. The normalized spacial score (nSPS) is 13.2. The lowest BCUT2D eigenvalue weighted by Gasteiger charge is -2.18. The number of rotatable bonds is 8. The summed E-state index contributed by atoms with van der Waals surface area (Å²) in [6.07, 6.45) is 2.66. The van der Waals surface area contributed by atoms with Crippen molar-refractivity contribution < 1.29 is 4.74 Å². The van der Waals surface area contributed by atoms with E-state index in [-0.39, 0.29) is 6.10 Å². The van der Waals surface area contributed by atoms with Crippen LogP contribution in [0, 0.1) is 0 Å². The first kappa shape index (κ1) is 13.7. The molecule has 92 valence electrons. The van der Waals surface area contributed by atoms with Gasteiger partial charge in [-0.15, -0.1) is 11.3 Å². The van der Waals surface area contributed by atoms with Gasteiger partial charge in [0.25, 0.3) is 0 Å². The topological polar surface area (TPSA) is 21.3 Å². The Hall–Kier alpha value is -0.380. The molecule has 0 aromatic carbocycles. The lowest BCUT2D eigenvalue weighted by molar-refractivity contribution is 0.0527. The lowest BCUT2D eigenvalue weighted by atomic mass is 10.1. The van der Waals surface area contributed by atoms with E-state index in [9.17, 15) is 0 Å². The van der Waals surface area contributed by atoms with Crippen LogP contribution in [0.3, 0.4) is 0 Å². The molecule has 0 radical (unpaired) electrons. The summed E-state index contributed by atoms with van der Waals surface area (Å²) in [5, 5.41) is 5.62. The second-order valence-electron chi connectivity index (χ2n) is 4.12. The van der Waals surface area contributed by atoms with Crippen LogP contribution in [0.1, 0.15) is 38.5 Å². The summed E-state index contributed by atoms with van der Waals surface area (Å²) in [5.41, 5.74) is 0. The highest BCUT2D eigenvalue weighted by Crippen LogP contribution is 2.10. The number of hydrogen-bond acceptors (Lipinski definition) is 3. The fourth-order valence-corrected chi connectivity index (χ4v) is 2.21. The number of thiophene rings is 1. The van der Waals surface area contributed by atoms with E-state index in [1.807, 2.05) is 0 Å². The molecule has 1 aromatic rings. The van der Waals surface area contributed by atoms with Crippen molar-refractivity contribution in [3.63, 3.8) is 0 Å². The summed E-state index contributed by atoms with van der Waals surface area (Å²) in [5.74, 6) is 0. The lowest BCUT2D eigenvalue weighted by Crippen LogP contribution is -2.34. The van der Waals surface area contributed by atoms with E-state index in [0.29, 0.717) is 6.04 Å². The van der Waals surface area contributed by atoms with Gasteiger partial charge < -0.3 is 10.1 Å². The molecule has 1 aromatic heterocycles. The van der Waals surface area contributed by atoms with E-state index < -0.39 is 0 Å². The molecule has 0 spiro atoms. The largest absolute Gasteiger partial charge is 0.372 e. The Morgan fingerprint density at radius 3 is 2.69 bits per heavy atom. The molecule has 3 heteroatoms. The molecule has 0 aliphatic heterocycles. The van der Waals surface area contributed by atoms with Crippen LogP contribution in [0.15, 0.2) is 17.5 Å². The van der Waals surface area contributed by atoms with Crippen molar-refractivity contribution in [2.75, 3.05) is 6.54 Å². The molecule has 2 nitrogen and oxygen atoms in total. The second-order valence-corrected chi connectivity index (χ2v) is 5.15. The zero-order valence-electron chi connectivity index (χ0n) is 10.5. The van der Waals surface area contributed by atoms with E-state index in [0.717, 1.165) is 13.2 Å². The van der Waals surface area contributed by atoms with Gasteiger partial charge >= 0.3 is 0 Å².